The molecule has 0 spiro atoms. The Balaban J connectivity index is 1.57. The Morgan fingerprint density at radius 1 is 1.20 bits per heavy atom. The Hall–Kier alpha value is -0.510. The maximum atomic E-state index is 3.94. The SMILES string of the molecule is CCCN1CCC(NC2CCSc3ccccc32)CC1. The van der Waals surface area contributed by atoms with Gasteiger partial charge in [-0.3, -0.25) is 0 Å². The summed E-state index contributed by atoms with van der Waals surface area (Å²) < 4.78 is 0. The normalized spacial score (nSPS) is 24.6. The smallest absolute Gasteiger partial charge is 0.0341 e. The molecule has 0 amide bonds. The highest BCUT2D eigenvalue weighted by Gasteiger charge is 2.25. The van der Waals surface area contributed by atoms with Gasteiger partial charge in [-0.05, 0) is 62.7 Å². The minimum Gasteiger partial charge on any atom is -0.307 e. The van der Waals surface area contributed by atoms with Crippen LogP contribution in [0.25, 0.3) is 0 Å². The maximum absolute atomic E-state index is 3.94. The molecule has 3 rings (SSSR count). The first kappa shape index (κ1) is 14.4. The van der Waals surface area contributed by atoms with Gasteiger partial charge in [-0.15, -0.1) is 11.8 Å². The van der Waals surface area contributed by atoms with E-state index in [9.17, 15) is 0 Å². The van der Waals surface area contributed by atoms with E-state index >= 15 is 0 Å². The summed E-state index contributed by atoms with van der Waals surface area (Å²) in [5, 5.41) is 3.94. The Morgan fingerprint density at radius 2 is 2.00 bits per heavy atom. The molecule has 0 aromatic heterocycles. The van der Waals surface area contributed by atoms with Crippen molar-refractivity contribution in [3.05, 3.63) is 29.8 Å². The van der Waals surface area contributed by atoms with Crippen molar-refractivity contribution in [3.63, 3.8) is 0 Å². The van der Waals surface area contributed by atoms with Crippen LogP contribution in [0.5, 0.6) is 0 Å². The third-order valence-corrected chi connectivity index (χ3v) is 5.65. The van der Waals surface area contributed by atoms with Crippen molar-refractivity contribution < 1.29 is 0 Å². The van der Waals surface area contributed by atoms with Crippen LogP contribution < -0.4 is 5.32 Å². The highest BCUT2D eigenvalue weighted by molar-refractivity contribution is 7.99. The molecule has 0 aliphatic carbocycles. The van der Waals surface area contributed by atoms with Crippen LogP contribution in [0.3, 0.4) is 0 Å². The van der Waals surface area contributed by atoms with Gasteiger partial charge in [0.2, 0.25) is 0 Å². The minimum atomic E-state index is 0.579. The number of thioether (sulfide) groups is 1. The molecule has 2 nitrogen and oxygen atoms in total. The first-order valence-corrected chi connectivity index (χ1v) is 9.05. The zero-order valence-corrected chi connectivity index (χ0v) is 13.3. The van der Waals surface area contributed by atoms with Crippen molar-refractivity contribution in [2.45, 2.75) is 49.6 Å². The summed E-state index contributed by atoms with van der Waals surface area (Å²) in [6.07, 6.45) is 5.18. The van der Waals surface area contributed by atoms with Crippen LogP contribution in [0.1, 0.15) is 44.2 Å². The van der Waals surface area contributed by atoms with Crippen molar-refractivity contribution in [2.24, 2.45) is 0 Å². The second-order valence-corrected chi connectivity index (χ2v) is 7.15. The van der Waals surface area contributed by atoms with Gasteiger partial charge in [-0.2, -0.15) is 0 Å². The molecule has 1 N–H and O–H groups in total. The summed E-state index contributed by atoms with van der Waals surface area (Å²) in [5.74, 6) is 1.25. The van der Waals surface area contributed by atoms with Crippen LogP contribution in [0, 0.1) is 0 Å². The van der Waals surface area contributed by atoms with E-state index in [2.05, 4.69) is 41.4 Å². The second kappa shape index (κ2) is 6.97. The summed E-state index contributed by atoms with van der Waals surface area (Å²) in [4.78, 5) is 4.10. The molecular formula is C17H26N2S. The molecule has 20 heavy (non-hydrogen) atoms. The highest BCUT2D eigenvalue weighted by atomic mass is 32.2. The molecular weight excluding hydrogens is 264 g/mol. The number of nitrogens with one attached hydrogen (secondary N) is 1. The third-order valence-electron chi connectivity index (χ3n) is 4.52. The number of fused-ring (bicyclic) bond motifs is 1. The predicted octanol–water partition coefficient (Wildman–Crippen LogP) is 3.69. The molecule has 1 aromatic rings. The number of rotatable bonds is 4. The third kappa shape index (κ3) is 3.38. The molecule has 1 unspecified atom stereocenters. The molecule has 110 valence electrons. The Labute approximate surface area is 127 Å². The van der Waals surface area contributed by atoms with Crippen LogP contribution in [0.15, 0.2) is 29.2 Å². The molecule has 0 saturated carbocycles. The second-order valence-electron chi connectivity index (χ2n) is 6.01. The predicted molar refractivity (Wildman–Crippen MR) is 87.4 cm³/mol. The molecule has 3 heteroatoms. The fourth-order valence-electron chi connectivity index (χ4n) is 3.44. The van der Waals surface area contributed by atoms with Gasteiger partial charge in [0.25, 0.3) is 0 Å². The molecule has 2 aliphatic heterocycles. The van der Waals surface area contributed by atoms with Crippen LogP contribution in [0.4, 0.5) is 0 Å². The molecule has 0 radical (unpaired) electrons. The number of benzene rings is 1. The number of hydrogen-bond acceptors (Lipinski definition) is 3. The van der Waals surface area contributed by atoms with E-state index < -0.39 is 0 Å². The largest absolute Gasteiger partial charge is 0.307 e. The molecule has 1 fully saturated rings. The fraction of sp³-hybridized carbons (Fsp3) is 0.647. The van der Waals surface area contributed by atoms with Crippen LogP contribution in [0.2, 0.25) is 0 Å². The van der Waals surface area contributed by atoms with Gasteiger partial charge in [0.05, 0.1) is 0 Å². The van der Waals surface area contributed by atoms with Crippen molar-refractivity contribution >= 4 is 11.8 Å². The maximum Gasteiger partial charge on any atom is 0.0341 e. The van der Waals surface area contributed by atoms with E-state index in [-0.39, 0.29) is 0 Å². The van der Waals surface area contributed by atoms with Crippen LogP contribution in [-0.4, -0.2) is 36.3 Å². The fourth-order valence-corrected chi connectivity index (χ4v) is 4.56. The number of hydrogen-bond donors (Lipinski definition) is 1. The standard InChI is InChI=1S/C17H26N2S/c1-2-10-19-11-7-14(8-12-19)18-16-9-13-20-17-6-4-3-5-15(16)17/h3-6,14,16,18H,2,7-13H2,1H3. The van der Waals surface area contributed by atoms with Gasteiger partial charge in [-0.25, -0.2) is 0 Å². The van der Waals surface area contributed by atoms with E-state index in [1.807, 2.05) is 11.8 Å². The first-order chi connectivity index (χ1) is 9.86. The van der Waals surface area contributed by atoms with E-state index in [1.54, 1.807) is 0 Å². The topological polar surface area (TPSA) is 15.3 Å². The lowest BCUT2D eigenvalue weighted by atomic mass is 9.99. The lowest BCUT2D eigenvalue weighted by Crippen LogP contribution is -2.44. The van der Waals surface area contributed by atoms with Crippen LogP contribution in [-0.2, 0) is 0 Å². The minimum absolute atomic E-state index is 0.579. The van der Waals surface area contributed by atoms with Crippen molar-refractivity contribution in [2.75, 3.05) is 25.4 Å². The molecule has 1 atom stereocenters. The van der Waals surface area contributed by atoms with E-state index in [0.29, 0.717) is 12.1 Å². The van der Waals surface area contributed by atoms with E-state index in [4.69, 9.17) is 0 Å². The van der Waals surface area contributed by atoms with Gasteiger partial charge in [-0.1, -0.05) is 25.1 Å². The lowest BCUT2D eigenvalue weighted by Gasteiger charge is -2.36. The van der Waals surface area contributed by atoms with E-state index in [0.717, 1.165) is 0 Å². The zero-order chi connectivity index (χ0) is 13.8. The number of nitrogens with zero attached hydrogens (tertiary/aromatic N) is 1. The summed E-state index contributed by atoms with van der Waals surface area (Å²) in [6.45, 7) is 6.10. The summed E-state index contributed by atoms with van der Waals surface area (Å²) in [6, 6.07) is 10.2. The van der Waals surface area contributed by atoms with Gasteiger partial charge < -0.3 is 10.2 Å². The summed E-state index contributed by atoms with van der Waals surface area (Å²) >= 11 is 2.01. The number of piperidine rings is 1. The number of likely N-dealkylation sites (tertiary alicyclic amines) is 1. The van der Waals surface area contributed by atoms with Crippen LogP contribution >= 0.6 is 11.8 Å². The Kier molecular flexibility index (Phi) is 5.03. The van der Waals surface area contributed by atoms with Crippen molar-refractivity contribution in [1.82, 2.24) is 10.2 Å². The first-order valence-electron chi connectivity index (χ1n) is 8.07. The van der Waals surface area contributed by atoms with Crippen molar-refractivity contribution in [1.29, 1.82) is 0 Å². The highest BCUT2D eigenvalue weighted by Crippen LogP contribution is 2.36. The zero-order valence-electron chi connectivity index (χ0n) is 12.5. The quantitative estimate of drug-likeness (QED) is 0.910. The summed E-state index contributed by atoms with van der Waals surface area (Å²) in [5.41, 5.74) is 1.53. The lowest BCUT2D eigenvalue weighted by molar-refractivity contribution is 0.190. The Bertz CT molecular complexity index is 427. The average molecular weight is 290 g/mol. The average Bonchev–Trinajstić information content (AvgIpc) is 2.50. The van der Waals surface area contributed by atoms with Gasteiger partial charge in [0, 0.05) is 17.0 Å². The Morgan fingerprint density at radius 3 is 2.80 bits per heavy atom. The van der Waals surface area contributed by atoms with E-state index in [1.165, 1.54) is 61.5 Å². The molecule has 2 heterocycles. The van der Waals surface area contributed by atoms with Crippen molar-refractivity contribution in [3.8, 4) is 0 Å². The monoisotopic (exact) mass is 290 g/mol. The van der Waals surface area contributed by atoms with Gasteiger partial charge >= 0.3 is 0 Å². The molecule has 0 bridgehead atoms. The molecule has 1 aromatic carbocycles. The van der Waals surface area contributed by atoms with Gasteiger partial charge in [0.1, 0.15) is 0 Å². The molecule has 1 saturated heterocycles. The molecule has 2 aliphatic rings. The summed E-state index contributed by atoms with van der Waals surface area (Å²) in [7, 11) is 0. The van der Waals surface area contributed by atoms with Gasteiger partial charge in [0.15, 0.2) is 0 Å².